The Morgan fingerprint density at radius 2 is 1.92 bits per heavy atom. The number of amides is 1. The Balaban J connectivity index is 3.07. The molecule has 1 rings (SSSR count). The second kappa shape index (κ2) is 10.2. The second-order valence-electron chi connectivity index (χ2n) is 6.77. The third-order valence-corrected chi connectivity index (χ3v) is 3.92. The van der Waals surface area contributed by atoms with Crippen LogP contribution in [0, 0.1) is 5.92 Å². The maximum Gasteiger partial charge on any atom is 0.341 e. The molecule has 1 aromatic carbocycles. The van der Waals surface area contributed by atoms with Crippen molar-refractivity contribution in [2.75, 3.05) is 25.6 Å². The first-order chi connectivity index (χ1) is 12.3. The van der Waals surface area contributed by atoms with Crippen LogP contribution in [-0.4, -0.2) is 37.8 Å². The minimum Gasteiger partial charge on any atom is -0.493 e. The van der Waals surface area contributed by atoms with Crippen molar-refractivity contribution in [3.05, 3.63) is 23.8 Å². The fourth-order valence-electron chi connectivity index (χ4n) is 2.63. The number of methoxy groups -OCH3 is 1. The van der Waals surface area contributed by atoms with Gasteiger partial charge in [-0.3, -0.25) is 4.79 Å². The number of benzene rings is 1. The molecule has 0 aliphatic rings. The number of anilines is 1. The standard InChI is InChI=1S/C20H31NO5/c1-7-11-26-17-10-9-15(12-16(17)18(22)25-8-2)21-19(23)20(5,24-6)13-14(3)4/h9-10,12,14H,7-8,11,13H2,1-6H3,(H,21,23)/t20-/m1/s1. The summed E-state index contributed by atoms with van der Waals surface area (Å²) in [7, 11) is 1.52. The van der Waals surface area contributed by atoms with Crippen LogP contribution in [0.3, 0.4) is 0 Å². The monoisotopic (exact) mass is 365 g/mol. The lowest BCUT2D eigenvalue weighted by molar-refractivity contribution is -0.137. The molecule has 0 aromatic heterocycles. The van der Waals surface area contributed by atoms with Crippen LogP contribution < -0.4 is 10.1 Å². The number of rotatable bonds is 10. The van der Waals surface area contributed by atoms with E-state index in [-0.39, 0.29) is 12.5 Å². The van der Waals surface area contributed by atoms with E-state index >= 15 is 0 Å². The molecule has 1 atom stereocenters. The van der Waals surface area contributed by atoms with Gasteiger partial charge in [-0.1, -0.05) is 20.8 Å². The molecule has 0 spiro atoms. The Kier molecular flexibility index (Phi) is 8.58. The van der Waals surface area contributed by atoms with Crippen LogP contribution in [0.15, 0.2) is 18.2 Å². The van der Waals surface area contributed by atoms with Crippen molar-refractivity contribution >= 4 is 17.6 Å². The Labute approximate surface area is 156 Å². The normalized spacial score (nSPS) is 13.2. The van der Waals surface area contributed by atoms with Crippen LogP contribution in [0.25, 0.3) is 0 Å². The minimum absolute atomic E-state index is 0.259. The first-order valence-electron chi connectivity index (χ1n) is 9.07. The molecule has 1 aromatic rings. The van der Waals surface area contributed by atoms with E-state index in [1.807, 2.05) is 20.8 Å². The fourth-order valence-corrected chi connectivity index (χ4v) is 2.63. The molecule has 0 fully saturated rings. The van der Waals surface area contributed by atoms with E-state index in [1.54, 1.807) is 32.0 Å². The number of nitrogens with one attached hydrogen (secondary N) is 1. The van der Waals surface area contributed by atoms with Crippen molar-refractivity contribution in [3.63, 3.8) is 0 Å². The molecule has 0 heterocycles. The third kappa shape index (κ3) is 6.02. The van der Waals surface area contributed by atoms with Gasteiger partial charge >= 0.3 is 5.97 Å². The lowest BCUT2D eigenvalue weighted by Crippen LogP contribution is -2.43. The van der Waals surface area contributed by atoms with Crippen LogP contribution in [0.1, 0.15) is 57.8 Å². The number of carbonyl (C=O) groups excluding carboxylic acids is 2. The van der Waals surface area contributed by atoms with E-state index in [0.29, 0.717) is 35.9 Å². The van der Waals surface area contributed by atoms with Gasteiger partial charge in [0.1, 0.15) is 16.9 Å². The predicted molar refractivity (Wildman–Crippen MR) is 102 cm³/mol. The molecule has 1 amide bonds. The Morgan fingerprint density at radius 1 is 1.23 bits per heavy atom. The van der Waals surface area contributed by atoms with Crippen LogP contribution in [0.4, 0.5) is 5.69 Å². The lowest BCUT2D eigenvalue weighted by Gasteiger charge is -2.28. The molecule has 6 heteroatoms. The first-order valence-corrected chi connectivity index (χ1v) is 9.07. The van der Waals surface area contributed by atoms with E-state index in [0.717, 1.165) is 6.42 Å². The van der Waals surface area contributed by atoms with Gasteiger partial charge in [0.05, 0.1) is 13.2 Å². The minimum atomic E-state index is -0.949. The van der Waals surface area contributed by atoms with Crippen molar-refractivity contribution in [3.8, 4) is 5.75 Å². The van der Waals surface area contributed by atoms with Crippen molar-refractivity contribution in [2.45, 2.75) is 53.1 Å². The average molecular weight is 365 g/mol. The summed E-state index contributed by atoms with van der Waals surface area (Å²) in [6, 6.07) is 4.95. The highest BCUT2D eigenvalue weighted by molar-refractivity contribution is 5.99. The van der Waals surface area contributed by atoms with Crippen molar-refractivity contribution in [1.82, 2.24) is 0 Å². The fraction of sp³-hybridized carbons (Fsp3) is 0.600. The smallest absolute Gasteiger partial charge is 0.341 e. The maximum absolute atomic E-state index is 12.7. The summed E-state index contributed by atoms with van der Waals surface area (Å²) in [5.41, 5.74) is -0.162. The highest BCUT2D eigenvalue weighted by Gasteiger charge is 2.34. The Hall–Kier alpha value is -2.08. The summed E-state index contributed by atoms with van der Waals surface area (Å²) in [5, 5.41) is 2.83. The summed E-state index contributed by atoms with van der Waals surface area (Å²) in [6.45, 7) is 10.3. The lowest BCUT2D eigenvalue weighted by atomic mass is 9.93. The molecule has 0 saturated heterocycles. The summed E-state index contributed by atoms with van der Waals surface area (Å²) >= 11 is 0. The van der Waals surface area contributed by atoms with Gasteiger partial charge < -0.3 is 19.5 Å². The van der Waals surface area contributed by atoms with Crippen molar-refractivity contribution in [2.24, 2.45) is 5.92 Å². The summed E-state index contributed by atoms with van der Waals surface area (Å²) in [6.07, 6.45) is 1.40. The number of carbonyl (C=O) groups is 2. The molecule has 146 valence electrons. The largest absolute Gasteiger partial charge is 0.493 e. The molecule has 0 aliphatic heterocycles. The molecule has 0 bridgehead atoms. The number of hydrogen-bond acceptors (Lipinski definition) is 5. The van der Waals surface area contributed by atoms with Gasteiger partial charge in [-0.2, -0.15) is 0 Å². The highest BCUT2D eigenvalue weighted by atomic mass is 16.5. The first kappa shape index (κ1) is 22.0. The average Bonchev–Trinajstić information content (AvgIpc) is 2.59. The molecular weight excluding hydrogens is 334 g/mol. The molecule has 0 radical (unpaired) electrons. The predicted octanol–water partition coefficient (Wildman–Crippen LogP) is 4.04. The van der Waals surface area contributed by atoms with Gasteiger partial charge in [-0.15, -0.1) is 0 Å². The Morgan fingerprint density at radius 3 is 2.46 bits per heavy atom. The zero-order valence-corrected chi connectivity index (χ0v) is 16.7. The molecule has 0 aliphatic carbocycles. The van der Waals surface area contributed by atoms with E-state index < -0.39 is 11.6 Å². The van der Waals surface area contributed by atoms with E-state index in [9.17, 15) is 9.59 Å². The van der Waals surface area contributed by atoms with Crippen LogP contribution in [0.5, 0.6) is 5.75 Å². The van der Waals surface area contributed by atoms with Gasteiger partial charge in [0.25, 0.3) is 5.91 Å². The highest BCUT2D eigenvalue weighted by Crippen LogP contribution is 2.27. The van der Waals surface area contributed by atoms with Crippen LogP contribution in [0.2, 0.25) is 0 Å². The third-order valence-electron chi connectivity index (χ3n) is 3.92. The van der Waals surface area contributed by atoms with E-state index in [2.05, 4.69) is 5.32 Å². The van der Waals surface area contributed by atoms with Crippen molar-refractivity contribution in [1.29, 1.82) is 0 Å². The number of ether oxygens (including phenoxy) is 3. The van der Waals surface area contributed by atoms with Gasteiger partial charge in [-0.05, 0) is 50.8 Å². The van der Waals surface area contributed by atoms with Crippen molar-refractivity contribution < 1.29 is 23.8 Å². The van der Waals surface area contributed by atoms with Gasteiger partial charge in [-0.25, -0.2) is 4.79 Å². The summed E-state index contributed by atoms with van der Waals surface area (Å²) in [4.78, 5) is 24.9. The molecule has 6 nitrogen and oxygen atoms in total. The van der Waals surface area contributed by atoms with E-state index in [1.165, 1.54) is 7.11 Å². The van der Waals surface area contributed by atoms with E-state index in [4.69, 9.17) is 14.2 Å². The molecule has 26 heavy (non-hydrogen) atoms. The zero-order valence-electron chi connectivity index (χ0n) is 16.7. The SMILES string of the molecule is CCCOc1ccc(NC(=O)[C@@](C)(CC(C)C)OC)cc1C(=O)OCC. The molecular formula is C20H31NO5. The van der Waals surface area contributed by atoms with Crippen LogP contribution in [-0.2, 0) is 14.3 Å². The number of hydrogen-bond donors (Lipinski definition) is 1. The second-order valence-corrected chi connectivity index (χ2v) is 6.77. The molecule has 0 unspecified atom stereocenters. The quantitative estimate of drug-likeness (QED) is 0.633. The summed E-state index contributed by atoms with van der Waals surface area (Å²) in [5.74, 6) is 0.00252. The molecule has 1 N–H and O–H groups in total. The van der Waals surface area contributed by atoms with Crippen LogP contribution >= 0.6 is 0 Å². The van der Waals surface area contributed by atoms with Gasteiger partial charge in [0.15, 0.2) is 0 Å². The van der Waals surface area contributed by atoms with Gasteiger partial charge in [0.2, 0.25) is 0 Å². The van der Waals surface area contributed by atoms with Gasteiger partial charge in [0, 0.05) is 12.8 Å². The zero-order chi connectivity index (χ0) is 19.7. The summed E-state index contributed by atoms with van der Waals surface area (Å²) < 4.78 is 16.2. The number of esters is 1. The Bertz CT molecular complexity index is 614. The topological polar surface area (TPSA) is 73.9 Å². The maximum atomic E-state index is 12.7. The molecule has 0 saturated carbocycles.